The van der Waals surface area contributed by atoms with Gasteiger partial charge in [-0.3, -0.25) is 14.5 Å². The minimum absolute atomic E-state index is 0.0589. The van der Waals surface area contributed by atoms with Crippen molar-refractivity contribution in [2.75, 3.05) is 19.6 Å². The van der Waals surface area contributed by atoms with E-state index < -0.39 is 11.3 Å². The second-order valence-electron chi connectivity index (χ2n) is 8.46. The van der Waals surface area contributed by atoms with Crippen molar-refractivity contribution >= 4 is 11.8 Å². The Balaban J connectivity index is 1.53. The Morgan fingerprint density at radius 3 is 2.50 bits per heavy atom. The molecule has 3 atom stereocenters. The van der Waals surface area contributed by atoms with Crippen LogP contribution in [-0.4, -0.2) is 58.4 Å². The molecule has 1 saturated carbocycles. The number of hydrogen-bond acceptors (Lipinski definition) is 4. The lowest BCUT2D eigenvalue weighted by Crippen LogP contribution is -2.61. The van der Waals surface area contributed by atoms with Crippen LogP contribution in [0.1, 0.15) is 37.2 Å². The van der Waals surface area contributed by atoms with Gasteiger partial charge in [-0.1, -0.05) is 12.1 Å². The Morgan fingerprint density at radius 1 is 1.15 bits per heavy atom. The number of fused-ring (bicyclic) bond motifs is 2. The molecule has 4 heterocycles. The van der Waals surface area contributed by atoms with Crippen molar-refractivity contribution < 1.29 is 14.7 Å². The van der Waals surface area contributed by atoms with E-state index in [1.165, 1.54) is 0 Å². The molecule has 6 rings (SSSR count). The molecular weight excluding hydrogens is 330 g/mol. The first-order chi connectivity index (χ1) is 12.5. The number of phenols is 1. The number of benzene rings is 1. The van der Waals surface area contributed by atoms with Crippen LogP contribution in [-0.2, 0) is 9.59 Å². The predicted molar refractivity (Wildman–Crippen MR) is 95.3 cm³/mol. The van der Waals surface area contributed by atoms with E-state index in [4.69, 9.17) is 5.73 Å². The summed E-state index contributed by atoms with van der Waals surface area (Å²) in [5, 5.41) is 9.93. The van der Waals surface area contributed by atoms with Gasteiger partial charge in [-0.2, -0.15) is 0 Å². The standard InChI is InChI=1S/C20H25N3O3/c21-18(25)20(6-7-20)19(26)23-11-15(13-2-1-3-14(24)10-13)17-16(23)12-4-8-22(17)9-5-12/h1-3,10,12,15-17,24H,4-9,11H2,(H2,21,25). The molecule has 0 spiro atoms. The van der Waals surface area contributed by atoms with Crippen LogP contribution < -0.4 is 5.73 Å². The normalized spacial score (nSPS) is 36.6. The molecular formula is C20H25N3O3. The second-order valence-corrected chi connectivity index (χ2v) is 8.46. The third-order valence-corrected chi connectivity index (χ3v) is 7.18. The van der Waals surface area contributed by atoms with E-state index >= 15 is 0 Å². The number of phenolic OH excluding ortho intramolecular Hbond substituents is 1. The molecule has 5 fully saturated rings. The van der Waals surface area contributed by atoms with Crippen LogP contribution in [0.4, 0.5) is 0 Å². The minimum Gasteiger partial charge on any atom is -0.508 e. The number of nitrogens with two attached hydrogens (primary N) is 1. The lowest BCUT2D eigenvalue weighted by atomic mass is 9.75. The predicted octanol–water partition coefficient (Wildman–Crippen LogP) is 1.05. The van der Waals surface area contributed by atoms with Gasteiger partial charge in [0.2, 0.25) is 11.8 Å². The largest absolute Gasteiger partial charge is 0.508 e. The fourth-order valence-corrected chi connectivity index (χ4v) is 5.67. The minimum atomic E-state index is -0.954. The van der Waals surface area contributed by atoms with Gasteiger partial charge in [0.1, 0.15) is 11.2 Å². The van der Waals surface area contributed by atoms with Crippen molar-refractivity contribution in [2.45, 2.75) is 43.7 Å². The summed E-state index contributed by atoms with van der Waals surface area (Å²) in [6.07, 6.45) is 3.39. The summed E-state index contributed by atoms with van der Waals surface area (Å²) in [7, 11) is 0. The quantitative estimate of drug-likeness (QED) is 0.794. The van der Waals surface area contributed by atoms with Crippen molar-refractivity contribution in [2.24, 2.45) is 17.1 Å². The zero-order chi connectivity index (χ0) is 18.1. The highest BCUT2D eigenvalue weighted by Gasteiger charge is 2.62. The molecule has 0 aromatic heterocycles. The first-order valence-corrected chi connectivity index (χ1v) is 9.65. The molecule has 4 aliphatic heterocycles. The van der Waals surface area contributed by atoms with Gasteiger partial charge < -0.3 is 15.7 Å². The number of piperidine rings is 3. The van der Waals surface area contributed by atoms with Gasteiger partial charge in [-0.05, 0) is 62.4 Å². The van der Waals surface area contributed by atoms with Gasteiger partial charge >= 0.3 is 0 Å². The Hall–Kier alpha value is -2.08. The average molecular weight is 355 g/mol. The van der Waals surface area contributed by atoms with Crippen LogP contribution in [0.15, 0.2) is 24.3 Å². The molecule has 5 aliphatic rings. The zero-order valence-corrected chi connectivity index (χ0v) is 14.8. The van der Waals surface area contributed by atoms with E-state index in [0.29, 0.717) is 25.3 Å². The molecule has 26 heavy (non-hydrogen) atoms. The monoisotopic (exact) mass is 355 g/mol. The highest BCUT2D eigenvalue weighted by atomic mass is 16.3. The average Bonchev–Trinajstić information content (AvgIpc) is 3.36. The van der Waals surface area contributed by atoms with Crippen molar-refractivity contribution in [1.29, 1.82) is 0 Å². The number of nitrogens with zero attached hydrogens (tertiary/aromatic N) is 2. The fraction of sp³-hybridized carbons (Fsp3) is 0.600. The number of likely N-dealkylation sites (tertiary alicyclic amines) is 1. The third-order valence-electron chi connectivity index (χ3n) is 7.18. The highest BCUT2D eigenvalue weighted by molar-refractivity contribution is 6.07. The number of primary amides is 1. The zero-order valence-electron chi connectivity index (χ0n) is 14.8. The van der Waals surface area contributed by atoms with Crippen molar-refractivity contribution in [3.63, 3.8) is 0 Å². The summed E-state index contributed by atoms with van der Waals surface area (Å²) in [5.41, 5.74) is 5.70. The van der Waals surface area contributed by atoms with Crippen molar-refractivity contribution in [3.8, 4) is 5.75 Å². The van der Waals surface area contributed by atoms with E-state index in [9.17, 15) is 14.7 Å². The summed E-state index contributed by atoms with van der Waals surface area (Å²) in [4.78, 5) is 29.7. The number of amides is 2. The first kappa shape index (κ1) is 16.1. The molecule has 0 radical (unpaired) electrons. The summed E-state index contributed by atoms with van der Waals surface area (Å²) >= 11 is 0. The Bertz CT molecular complexity index is 767. The number of carbonyl (C=O) groups excluding carboxylic acids is 2. The maximum absolute atomic E-state index is 13.3. The van der Waals surface area contributed by atoms with Crippen LogP contribution in [0.2, 0.25) is 0 Å². The van der Waals surface area contributed by atoms with Crippen LogP contribution in [0, 0.1) is 11.3 Å². The molecule has 4 saturated heterocycles. The second kappa shape index (κ2) is 5.46. The van der Waals surface area contributed by atoms with Crippen molar-refractivity contribution in [3.05, 3.63) is 29.8 Å². The van der Waals surface area contributed by atoms with E-state index in [1.54, 1.807) is 6.07 Å². The van der Waals surface area contributed by atoms with Gasteiger partial charge in [0.25, 0.3) is 0 Å². The Morgan fingerprint density at radius 2 is 1.88 bits per heavy atom. The fourth-order valence-electron chi connectivity index (χ4n) is 5.67. The van der Waals surface area contributed by atoms with Crippen molar-refractivity contribution in [1.82, 2.24) is 9.80 Å². The Kier molecular flexibility index (Phi) is 3.38. The highest BCUT2D eigenvalue weighted by Crippen LogP contribution is 2.52. The van der Waals surface area contributed by atoms with Crippen LogP contribution >= 0.6 is 0 Å². The number of hydrogen-bond donors (Lipinski definition) is 2. The molecule has 1 aromatic rings. The molecule has 1 aromatic carbocycles. The number of carbonyl (C=O) groups is 2. The Labute approximate surface area is 152 Å². The topological polar surface area (TPSA) is 86.9 Å². The lowest BCUT2D eigenvalue weighted by molar-refractivity contribution is -0.146. The maximum Gasteiger partial charge on any atom is 0.238 e. The summed E-state index contributed by atoms with van der Waals surface area (Å²) in [6, 6.07) is 7.84. The van der Waals surface area contributed by atoms with Gasteiger partial charge in [0.05, 0.1) is 6.04 Å². The molecule has 3 N–H and O–H groups in total. The molecule has 6 nitrogen and oxygen atoms in total. The summed E-state index contributed by atoms with van der Waals surface area (Å²) in [6.45, 7) is 2.76. The molecule has 6 heteroatoms. The number of rotatable bonds is 3. The van der Waals surface area contributed by atoms with Crippen LogP contribution in [0.5, 0.6) is 5.75 Å². The summed E-state index contributed by atoms with van der Waals surface area (Å²) in [5.74, 6) is 0.399. The molecule has 3 unspecified atom stereocenters. The smallest absolute Gasteiger partial charge is 0.238 e. The van der Waals surface area contributed by atoms with Crippen LogP contribution in [0.25, 0.3) is 0 Å². The molecule has 2 amide bonds. The van der Waals surface area contributed by atoms with Crippen LogP contribution in [0.3, 0.4) is 0 Å². The van der Waals surface area contributed by atoms with E-state index in [0.717, 1.165) is 31.5 Å². The van der Waals surface area contributed by atoms with E-state index in [-0.39, 0.29) is 29.7 Å². The molecule has 1 aliphatic carbocycles. The van der Waals surface area contributed by atoms with E-state index in [1.807, 2.05) is 23.1 Å². The molecule has 2 bridgehead atoms. The first-order valence-electron chi connectivity index (χ1n) is 9.65. The van der Waals surface area contributed by atoms with Gasteiger partial charge in [-0.15, -0.1) is 0 Å². The van der Waals surface area contributed by atoms with Gasteiger partial charge in [-0.25, -0.2) is 0 Å². The lowest BCUT2D eigenvalue weighted by Gasteiger charge is -2.51. The maximum atomic E-state index is 13.3. The van der Waals surface area contributed by atoms with E-state index in [2.05, 4.69) is 4.90 Å². The third kappa shape index (κ3) is 2.14. The summed E-state index contributed by atoms with van der Waals surface area (Å²) < 4.78 is 0. The number of aromatic hydroxyl groups is 1. The van der Waals surface area contributed by atoms with Gasteiger partial charge in [0, 0.05) is 18.5 Å². The SMILES string of the molecule is NC(=O)C1(C(=O)N2CC(c3cccc(O)c3)C3C2C2CCN3CC2)CC1. The molecule has 138 valence electrons. The van der Waals surface area contributed by atoms with Gasteiger partial charge in [0.15, 0.2) is 0 Å².